The molecule has 110 valence electrons. The molecule has 0 aliphatic rings. The van der Waals surface area contributed by atoms with Gasteiger partial charge in [0, 0.05) is 8.15 Å². The van der Waals surface area contributed by atoms with E-state index >= 15 is 0 Å². The van der Waals surface area contributed by atoms with Crippen LogP contribution in [0.1, 0.15) is 39.5 Å². The van der Waals surface area contributed by atoms with Crippen LogP contribution in [0.25, 0.3) is 0 Å². The molecule has 0 spiro atoms. The van der Waals surface area contributed by atoms with Gasteiger partial charge in [-0.1, -0.05) is 26.7 Å². The molecule has 1 rings (SSSR count). The Labute approximate surface area is 129 Å². The third-order valence-corrected chi connectivity index (χ3v) is 3.76. The summed E-state index contributed by atoms with van der Waals surface area (Å²) in [6.45, 7) is 4.34. The summed E-state index contributed by atoms with van der Waals surface area (Å²) in [5, 5.41) is 0. The van der Waals surface area contributed by atoms with Crippen LogP contribution in [-0.2, 0) is 15.7 Å². The van der Waals surface area contributed by atoms with Gasteiger partial charge in [0.05, 0.1) is 0 Å². The first-order chi connectivity index (χ1) is 8.72. The van der Waals surface area contributed by atoms with E-state index in [1.165, 1.54) is 25.7 Å². The second kappa shape index (κ2) is 20.3. The topological polar surface area (TPSA) is 20.2 Å². The van der Waals surface area contributed by atoms with Gasteiger partial charge in [0.25, 0.3) is 0 Å². The van der Waals surface area contributed by atoms with Crippen LogP contribution in [0.3, 0.4) is 0 Å². The summed E-state index contributed by atoms with van der Waals surface area (Å²) in [4.78, 5) is 9.38. The maximum Gasteiger partial charge on any atom is -0.172 e. The summed E-state index contributed by atoms with van der Waals surface area (Å²) in [7, 11) is 9.19. The van der Waals surface area contributed by atoms with E-state index in [2.05, 4.69) is 13.8 Å². The molecule has 0 aromatic heterocycles. The molecule has 1 N–H and O–H groups in total. The van der Waals surface area contributed by atoms with Gasteiger partial charge in [0.15, 0.2) is 0 Å². The van der Waals surface area contributed by atoms with Crippen molar-refractivity contribution in [1.29, 1.82) is 0 Å². The molecule has 0 aliphatic heterocycles. The zero-order valence-corrected chi connectivity index (χ0v) is 15.9. The van der Waals surface area contributed by atoms with Crippen molar-refractivity contribution in [3.8, 4) is 0 Å². The molecule has 18 heavy (non-hydrogen) atoms. The van der Waals surface area contributed by atoms with Crippen LogP contribution in [0, 0.1) is 0 Å². The first-order valence-corrected chi connectivity index (χ1v) is 13.8. The van der Waals surface area contributed by atoms with Crippen molar-refractivity contribution in [2.75, 3.05) is 12.3 Å². The van der Waals surface area contributed by atoms with Gasteiger partial charge in [0.1, 0.15) is 0 Å². The van der Waals surface area contributed by atoms with E-state index in [4.69, 9.17) is 19.2 Å². The Bertz CT molecular complexity index is 186. The van der Waals surface area contributed by atoms with Crippen LogP contribution >= 0.6 is 27.3 Å². The van der Waals surface area contributed by atoms with Crippen LogP contribution in [0.15, 0.2) is 30.3 Å². The molecule has 1 aromatic carbocycles. The van der Waals surface area contributed by atoms with Gasteiger partial charge in [0.2, 0.25) is 0 Å². The predicted octanol–water partition coefficient (Wildman–Crippen LogP) is 5.76. The summed E-state index contributed by atoms with van der Waals surface area (Å²) in [5.41, 5.74) is 0. The minimum atomic E-state index is -0.592. The normalized spacial score (nSPS) is 9.44. The van der Waals surface area contributed by atoms with Crippen LogP contribution < -0.4 is 0 Å². The van der Waals surface area contributed by atoms with Gasteiger partial charge in [-0.2, -0.15) is 18.2 Å². The van der Waals surface area contributed by atoms with Crippen molar-refractivity contribution >= 4 is 27.3 Å². The van der Waals surface area contributed by atoms with E-state index < -0.39 is 23.8 Å². The SMILES string of the molecule is CCCCP(O)CCCC.[Cl][Ir+][Cl].c1cc[cH-]c1. The zero-order chi connectivity index (χ0) is 14.1. The van der Waals surface area contributed by atoms with Crippen molar-refractivity contribution in [1.82, 2.24) is 0 Å². The van der Waals surface area contributed by atoms with E-state index in [1.54, 1.807) is 0 Å². The summed E-state index contributed by atoms with van der Waals surface area (Å²) < 4.78 is 0. The van der Waals surface area contributed by atoms with Gasteiger partial charge in [-0.3, -0.25) is 0 Å². The summed E-state index contributed by atoms with van der Waals surface area (Å²) >= 11 is -0.556. The number of rotatable bonds is 6. The predicted molar refractivity (Wildman–Crippen MR) is 82.4 cm³/mol. The standard InChI is InChI=1S/C8H19OP.C5H5.2ClH.Ir/c1-3-5-7-10(9)8-6-4-2;1-2-4-5-3-1;;;/h9H,3-8H2,1-2H3;1-5H;2*1H;/q;-1;;;+3/p-2. The molecular weight excluding hydrogens is 466 g/mol. The maximum absolute atomic E-state index is 9.38. The molecule has 0 fully saturated rings. The van der Waals surface area contributed by atoms with E-state index in [1.807, 2.05) is 30.3 Å². The maximum atomic E-state index is 9.38. The van der Waals surface area contributed by atoms with Crippen molar-refractivity contribution in [3.63, 3.8) is 0 Å². The second-order valence-corrected chi connectivity index (χ2v) is 9.04. The van der Waals surface area contributed by atoms with Gasteiger partial charge < -0.3 is 4.89 Å². The molecule has 1 nitrogen and oxygen atoms in total. The number of unbranched alkanes of at least 4 members (excludes halogenated alkanes) is 2. The fourth-order valence-corrected chi connectivity index (χ4v) is 2.70. The fourth-order valence-electron chi connectivity index (χ4n) is 1.11. The van der Waals surface area contributed by atoms with Crippen LogP contribution in [0.5, 0.6) is 0 Å². The Morgan fingerprint density at radius 1 is 1.06 bits per heavy atom. The zero-order valence-electron chi connectivity index (χ0n) is 11.1. The van der Waals surface area contributed by atoms with Gasteiger partial charge in [-0.15, -0.1) is 0 Å². The average molecular weight is 490 g/mol. The van der Waals surface area contributed by atoms with Crippen LogP contribution in [-0.4, -0.2) is 17.2 Å². The molecule has 0 radical (unpaired) electrons. The van der Waals surface area contributed by atoms with E-state index in [0.717, 1.165) is 12.3 Å². The van der Waals surface area contributed by atoms with Crippen LogP contribution in [0.2, 0.25) is 0 Å². The minimum absolute atomic E-state index is 0.556. The first-order valence-electron chi connectivity index (χ1n) is 6.17. The van der Waals surface area contributed by atoms with Crippen molar-refractivity contribution in [2.24, 2.45) is 0 Å². The van der Waals surface area contributed by atoms with Gasteiger partial charge in [-0.05, 0) is 25.2 Å². The van der Waals surface area contributed by atoms with E-state index in [0.29, 0.717) is 0 Å². The van der Waals surface area contributed by atoms with Crippen molar-refractivity contribution < 1.29 is 20.6 Å². The molecule has 0 heterocycles. The van der Waals surface area contributed by atoms with E-state index in [9.17, 15) is 4.89 Å². The molecule has 5 heteroatoms. The fraction of sp³-hybridized carbons (Fsp3) is 0.615. The molecule has 0 unspecified atom stereocenters. The monoisotopic (exact) mass is 490 g/mol. The Hall–Kier alpha value is 0.969. The molecule has 0 saturated heterocycles. The van der Waals surface area contributed by atoms with Gasteiger partial charge >= 0.3 is 34.8 Å². The smallest absolute Gasteiger partial charge is 0.172 e. The van der Waals surface area contributed by atoms with Crippen molar-refractivity contribution in [2.45, 2.75) is 39.5 Å². The minimum Gasteiger partial charge on any atom is -0.214 e. The molecule has 0 saturated carbocycles. The number of halogens is 2. The Morgan fingerprint density at radius 2 is 1.44 bits per heavy atom. The van der Waals surface area contributed by atoms with Crippen LogP contribution in [0.4, 0.5) is 0 Å². The summed E-state index contributed by atoms with van der Waals surface area (Å²) in [6.07, 6.45) is 6.95. The summed E-state index contributed by atoms with van der Waals surface area (Å²) in [6, 6.07) is 10.0. The van der Waals surface area contributed by atoms with E-state index in [-0.39, 0.29) is 0 Å². The largest absolute Gasteiger partial charge is 0.214 e. The molecular formula is C13H24Cl2IrOP. The number of hydrogen-bond acceptors (Lipinski definition) is 1. The molecule has 1 aromatic rings. The first kappa shape index (κ1) is 21.3. The average Bonchev–Trinajstić information content (AvgIpc) is 2.93. The molecule has 0 amide bonds. The number of hydrogen-bond donors (Lipinski definition) is 1. The molecule has 0 aliphatic carbocycles. The third-order valence-electron chi connectivity index (χ3n) is 2.10. The van der Waals surface area contributed by atoms with Gasteiger partial charge in [-0.25, -0.2) is 12.1 Å². The summed E-state index contributed by atoms with van der Waals surface area (Å²) in [5.74, 6) is 0. The Kier molecular flexibility index (Phi) is 24.0. The molecule has 0 bridgehead atoms. The second-order valence-electron chi connectivity index (χ2n) is 3.67. The Balaban J connectivity index is 0. The quantitative estimate of drug-likeness (QED) is 0.397. The third kappa shape index (κ3) is 22.2. The van der Waals surface area contributed by atoms with Crippen molar-refractivity contribution in [3.05, 3.63) is 30.3 Å². The molecule has 0 atom stereocenters. The Morgan fingerprint density at radius 3 is 1.67 bits per heavy atom.